The summed E-state index contributed by atoms with van der Waals surface area (Å²) in [6.07, 6.45) is 2.71. The second-order valence-electron chi connectivity index (χ2n) is 5.80. The normalized spacial score (nSPS) is 19.9. The largest absolute Gasteiger partial charge is 0.369 e. The summed E-state index contributed by atoms with van der Waals surface area (Å²) in [6, 6.07) is 6.15. The maximum Gasteiger partial charge on any atom is 0.272 e. The molecule has 1 aliphatic carbocycles. The first-order chi connectivity index (χ1) is 11.0. The van der Waals surface area contributed by atoms with E-state index in [-0.39, 0.29) is 35.2 Å². The van der Waals surface area contributed by atoms with E-state index in [2.05, 4.69) is 10.4 Å². The van der Waals surface area contributed by atoms with Crippen LogP contribution in [0.15, 0.2) is 30.5 Å². The van der Waals surface area contributed by atoms with Crippen LogP contribution < -0.4 is 11.1 Å². The average molecular weight is 316 g/mol. The van der Waals surface area contributed by atoms with Crippen molar-refractivity contribution in [2.75, 3.05) is 0 Å². The first-order valence-corrected chi connectivity index (χ1v) is 7.37. The number of primary amides is 1. The van der Waals surface area contributed by atoms with E-state index in [4.69, 9.17) is 5.73 Å². The molecule has 6 nitrogen and oxygen atoms in total. The molecular weight excluding hydrogens is 299 g/mol. The molecule has 23 heavy (non-hydrogen) atoms. The number of aromatic nitrogens is 2. The summed E-state index contributed by atoms with van der Waals surface area (Å²) in [6.45, 7) is 1.74. The first kappa shape index (κ1) is 15.2. The van der Waals surface area contributed by atoms with Crippen LogP contribution in [0, 0.1) is 18.7 Å². The summed E-state index contributed by atoms with van der Waals surface area (Å²) in [5, 5.41) is 7.00. The highest BCUT2D eigenvalue weighted by Crippen LogP contribution is 2.27. The van der Waals surface area contributed by atoms with Crippen LogP contribution in [0.1, 0.15) is 28.9 Å². The van der Waals surface area contributed by atoms with Crippen LogP contribution >= 0.6 is 0 Å². The van der Waals surface area contributed by atoms with Gasteiger partial charge < -0.3 is 11.1 Å². The number of halogens is 1. The van der Waals surface area contributed by atoms with Crippen LogP contribution in [-0.4, -0.2) is 27.6 Å². The molecule has 2 amide bonds. The predicted octanol–water partition coefficient (Wildman–Crippen LogP) is 1.31. The Morgan fingerprint density at radius 3 is 2.70 bits per heavy atom. The molecule has 0 aliphatic heterocycles. The molecule has 3 N–H and O–H groups in total. The van der Waals surface area contributed by atoms with Crippen LogP contribution in [-0.2, 0) is 4.79 Å². The summed E-state index contributed by atoms with van der Waals surface area (Å²) >= 11 is 0. The van der Waals surface area contributed by atoms with Crippen LogP contribution in [0.25, 0.3) is 5.69 Å². The van der Waals surface area contributed by atoms with Gasteiger partial charge in [0.05, 0.1) is 0 Å². The third-order valence-electron chi connectivity index (χ3n) is 4.09. The number of hydrogen-bond acceptors (Lipinski definition) is 3. The molecule has 0 bridgehead atoms. The minimum Gasteiger partial charge on any atom is -0.369 e. The summed E-state index contributed by atoms with van der Waals surface area (Å²) in [5.41, 5.74) is 6.39. The molecule has 0 saturated heterocycles. The van der Waals surface area contributed by atoms with Crippen molar-refractivity contribution in [3.8, 4) is 5.69 Å². The molecule has 1 aromatic carbocycles. The number of amides is 2. The van der Waals surface area contributed by atoms with Gasteiger partial charge in [-0.1, -0.05) is 12.1 Å². The van der Waals surface area contributed by atoms with Crippen molar-refractivity contribution >= 4 is 11.8 Å². The van der Waals surface area contributed by atoms with E-state index in [9.17, 15) is 14.0 Å². The van der Waals surface area contributed by atoms with Gasteiger partial charge in [0.1, 0.15) is 11.5 Å². The molecular formula is C16H17FN4O2. The highest BCUT2D eigenvalue weighted by Gasteiger charge is 2.34. The highest BCUT2D eigenvalue weighted by atomic mass is 19.1. The molecule has 1 heterocycles. The number of carbonyl (C=O) groups excluding carboxylic acids is 2. The van der Waals surface area contributed by atoms with Gasteiger partial charge >= 0.3 is 0 Å². The smallest absolute Gasteiger partial charge is 0.272 e. The van der Waals surface area contributed by atoms with Crippen molar-refractivity contribution in [1.29, 1.82) is 0 Å². The van der Waals surface area contributed by atoms with Gasteiger partial charge in [-0.3, -0.25) is 9.59 Å². The Labute approximate surface area is 132 Å². The number of rotatable bonds is 4. The van der Waals surface area contributed by atoms with E-state index in [0.717, 1.165) is 0 Å². The van der Waals surface area contributed by atoms with Crippen molar-refractivity contribution in [2.24, 2.45) is 11.7 Å². The third-order valence-corrected chi connectivity index (χ3v) is 4.09. The Morgan fingerprint density at radius 1 is 1.35 bits per heavy atom. The van der Waals surface area contributed by atoms with Crippen LogP contribution in [0.3, 0.4) is 0 Å². The Kier molecular flexibility index (Phi) is 3.85. The molecule has 7 heteroatoms. The number of nitrogens with one attached hydrogen (secondary N) is 1. The number of nitrogens with zero attached hydrogens (tertiary/aromatic N) is 2. The zero-order valence-electron chi connectivity index (χ0n) is 12.6. The van der Waals surface area contributed by atoms with Gasteiger partial charge in [-0.05, 0) is 31.9 Å². The van der Waals surface area contributed by atoms with Gasteiger partial charge in [0.15, 0.2) is 5.69 Å². The summed E-state index contributed by atoms with van der Waals surface area (Å²) < 4.78 is 15.2. The molecule has 0 radical (unpaired) electrons. The van der Waals surface area contributed by atoms with Crippen molar-refractivity contribution in [1.82, 2.24) is 15.1 Å². The van der Waals surface area contributed by atoms with E-state index in [1.807, 2.05) is 0 Å². The lowest BCUT2D eigenvalue weighted by Crippen LogP contribution is -2.48. The summed E-state index contributed by atoms with van der Waals surface area (Å²) in [4.78, 5) is 23.3. The molecule has 2 aromatic rings. The monoisotopic (exact) mass is 316 g/mol. The first-order valence-electron chi connectivity index (χ1n) is 7.37. The fourth-order valence-electron chi connectivity index (χ4n) is 2.67. The molecule has 120 valence electrons. The number of aryl methyl sites for hydroxylation is 1. The van der Waals surface area contributed by atoms with Crippen molar-refractivity contribution < 1.29 is 14.0 Å². The second-order valence-corrected chi connectivity index (χ2v) is 5.80. The van der Waals surface area contributed by atoms with Crippen molar-refractivity contribution in [3.63, 3.8) is 0 Å². The number of nitrogens with two attached hydrogens (primary N) is 1. The Hall–Kier alpha value is -2.70. The third kappa shape index (κ3) is 2.94. The maximum atomic E-state index is 13.8. The SMILES string of the molecule is Cc1cn(-c2ccccc2F)nc1C(=O)NC1CC(C(N)=O)C1. The van der Waals surface area contributed by atoms with E-state index in [0.29, 0.717) is 18.4 Å². The lowest BCUT2D eigenvalue weighted by Gasteiger charge is -2.33. The van der Waals surface area contributed by atoms with Gasteiger partial charge in [-0.2, -0.15) is 5.10 Å². The Balaban J connectivity index is 1.73. The van der Waals surface area contributed by atoms with E-state index in [1.54, 1.807) is 31.3 Å². The van der Waals surface area contributed by atoms with Gasteiger partial charge in [0, 0.05) is 23.7 Å². The summed E-state index contributed by atoms with van der Waals surface area (Å²) in [7, 11) is 0. The van der Waals surface area contributed by atoms with Crippen molar-refractivity contribution in [2.45, 2.75) is 25.8 Å². The number of hydrogen-bond donors (Lipinski definition) is 2. The van der Waals surface area contributed by atoms with Crippen LogP contribution in [0.5, 0.6) is 0 Å². The lowest BCUT2D eigenvalue weighted by atomic mass is 9.80. The van der Waals surface area contributed by atoms with Gasteiger partial charge in [-0.15, -0.1) is 0 Å². The molecule has 0 spiro atoms. The molecule has 1 fully saturated rings. The molecule has 1 saturated carbocycles. The van der Waals surface area contributed by atoms with Gasteiger partial charge in [0.25, 0.3) is 5.91 Å². The number of benzene rings is 1. The van der Waals surface area contributed by atoms with E-state index in [1.165, 1.54) is 10.7 Å². The molecule has 0 unspecified atom stereocenters. The second kappa shape index (κ2) is 5.83. The minimum atomic E-state index is -0.412. The molecule has 3 rings (SSSR count). The molecule has 1 aromatic heterocycles. The topological polar surface area (TPSA) is 90.0 Å². The fraction of sp³-hybridized carbons (Fsp3) is 0.312. The van der Waals surface area contributed by atoms with E-state index < -0.39 is 5.82 Å². The minimum absolute atomic E-state index is 0.0713. The number of carbonyl (C=O) groups is 2. The van der Waals surface area contributed by atoms with Crippen LogP contribution in [0.4, 0.5) is 4.39 Å². The predicted molar refractivity (Wildman–Crippen MR) is 81.4 cm³/mol. The highest BCUT2D eigenvalue weighted by molar-refractivity contribution is 5.94. The zero-order valence-corrected chi connectivity index (χ0v) is 12.6. The Morgan fingerprint density at radius 2 is 2.04 bits per heavy atom. The average Bonchev–Trinajstić information content (AvgIpc) is 2.84. The molecule has 1 aliphatic rings. The van der Waals surface area contributed by atoms with Crippen LogP contribution in [0.2, 0.25) is 0 Å². The quantitative estimate of drug-likeness (QED) is 0.891. The molecule has 0 atom stereocenters. The summed E-state index contributed by atoms with van der Waals surface area (Å²) in [5.74, 6) is -1.25. The maximum absolute atomic E-state index is 13.8. The van der Waals surface area contributed by atoms with E-state index >= 15 is 0 Å². The zero-order chi connectivity index (χ0) is 16.6. The van der Waals surface area contributed by atoms with Gasteiger partial charge in [0.2, 0.25) is 5.91 Å². The number of para-hydroxylation sites is 1. The Bertz CT molecular complexity index is 765. The lowest BCUT2D eigenvalue weighted by molar-refractivity contribution is -0.124. The fourth-order valence-corrected chi connectivity index (χ4v) is 2.67. The standard InChI is InChI=1S/C16H17FN4O2/c1-9-8-21(13-5-3-2-4-12(13)17)20-14(9)16(23)19-11-6-10(7-11)15(18)22/h2-5,8,10-11H,6-7H2,1H3,(H2,18,22)(H,19,23). The van der Waals surface area contributed by atoms with Gasteiger partial charge in [-0.25, -0.2) is 9.07 Å². The van der Waals surface area contributed by atoms with Crippen molar-refractivity contribution in [3.05, 3.63) is 47.5 Å².